The van der Waals surface area contributed by atoms with E-state index in [4.69, 9.17) is 61.6 Å². The van der Waals surface area contributed by atoms with Crippen molar-refractivity contribution in [1.29, 1.82) is 0 Å². The summed E-state index contributed by atoms with van der Waals surface area (Å²) in [6, 6.07) is 0. The van der Waals surface area contributed by atoms with Crippen molar-refractivity contribution in [1.82, 2.24) is 0 Å². The number of aliphatic hydroxyl groups is 17. The maximum Gasteiger partial charge on any atom is 0.305 e. The Bertz CT molecular complexity index is 1700. The van der Waals surface area contributed by atoms with Gasteiger partial charge in [-0.1, -0.05) is 0 Å². The maximum absolute atomic E-state index is 11.9. The van der Waals surface area contributed by atoms with Crippen LogP contribution in [0.15, 0.2) is 0 Å². The molecule has 0 aromatic heterocycles. The van der Waals surface area contributed by atoms with Gasteiger partial charge >= 0.3 is 5.97 Å². The molecule has 0 saturated carbocycles. The van der Waals surface area contributed by atoms with E-state index in [0.717, 1.165) is 7.11 Å². The van der Waals surface area contributed by atoms with Gasteiger partial charge in [0.05, 0.1) is 46.8 Å². The highest BCUT2D eigenvalue weighted by molar-refractivity contribution is 5.69. The average molecular weight is 1070 g/mol. The first-order chi connectivity index (χ1) is 34.9. The molecule has 0 aromatic rings. The van der Waals surface area contributed by atoms with Crippen molar-refractivity contribution < 1.29 is 158 Å². The Balaban J connectivity index is 1.21. The van der Waals surface area contributed by atoms with Gasteiger partial charge in [-0.2, -0.15) is 0 Å². The molecule has 0 unspecified atom stereocenters. The van der Waals surface area contributed by atoms with Crippen molar-refractivity contribution >= 4 is 5.97 Å². The van der Waals surface area contributed by atoms with Crippen LogP contribution in [0.3, 0.4) is 0 Å². The van der Waals surface area contributed by atoms with Gasteiger partial charge < -0.3 is 153 Å². The molecule has 32 heteroatoms. The summed E-state index contributed by atoms with van der Waals surface area (Å²) in [5.41, 5.74) is 0. The third-order valence-electron chi connectivity index (χ3n) is 13.7. The molecule has 22 rings (SSSR count). The fourth-order valence-electron chi connectivity index (χ4n) is 9.64. The quantitative estimate of drug-likeness (QED) is 0.0675. The summed E-state index contributed by atoms with van der Waals surface area (Å²) in [4.78, 5) is 11.9. The highest BCUT2D eigenvalue weighted by Gasteiger charge is 2.59. The molecule has 22 heterocycles. The fraction of sp³-hybridized carbons (Fsp3) is 0.976. The smallest absolute Gasteiger partial charge is 0.305 e. The van der Waals surface area contributed by atoms with E-state index in [0.29, 0.717) is 0 Å². The number of hydrogen-bond acceptors (Lipinski definition) is 32. The van der Waals surface area contributed by atoms with Gasteiger partial charge in [-0.05, 0) is 6.42 Å². The molecule has 424 valence electrons. The predicted octanol–water partition coefficient (Wildman–Crippen LogP) is -12.1. The monoisotopic (exact) mass is 1070 g/mol. The Morgan fingerprint density at radius 1 is 0.342 bits per heavy atom. The van der Waals surface area contributed by atoms with E-state index in [1.54, 1.807) is 0 Å². The van der Waals surface area contributed by atoms with Gasteiger partial charge in [0.25, 0.3) is 0 Å². The van der Waals surface area contributed by atoms with Gasteiger partial charge in [0.15, 0.2) is 37.7 Å². The van der Waals surface area contributed by atoms with Crippen LogP contribution in [0.5, 0.6) is 0 Å². The molecule has 0 aromatic carbocycles. The van der Waals surface area contributed by atoms with E-state index in [1.165, 1.54) is 0 Å². The van der Waals surface area contributed by atoms with Crippen LogP contribution in [0.4, 0.5) is 0 Å². The van der Waals surface area contributed by atoms with Crippen LogP contribution in [0.2, 0.25) is 0 Å². The van der Waals surface area contributed by atoms with Crippen molar-refractivity contribution in [3.05, 3.63) is 0 Å². The number of ether oxygens (including phenoxy) is 14. The summed E-state index contributed by atoms with van der Waals surface area (Å²) >= 11 is 0. The van der Waals surface area contributed by atoms with Crippen LogP contribution in [-0.2, 0) is 71.1 Å². The summed E-state index contributed by atoms with van der Waals surface area (Å²) in [5.74, 6) is -0.633. The summed E-state index contributed by atoms with van der Waals surface area (Å²) in [7, 11) is 1.14. The Kier molecular flexibility index (Phi) is 20.8. The molecule has 32 nitrogen and oxygen atoms in total. The topological polar surface area (TPSA) is 490 Å². The lowest BCUT2D eigenvalue weighted by Crippen LogP contribution is -2.69. The second-order valence-corrected chi connectivity index (χ2v) is 18.4. The van der Waals surface area contributed by atoms with Crippen molar-refractivity contribution in [2.45, 2.75) is 197 Å². The minimum absolute atomic E-state index is 0.0263. The Morgan fingerprint density at radius 3 is 0.822 bits per heavy atom. The third kappa shape index (κ3) is 12.3. The minimum atomic E-state index is -2.17. The van der Waals surface area contributed by atoms with Gasteiger partial charge in [0, 0.05) is 13.0 Å². The molecule has 30 atom stereocenters. The van der Waals surface area contributed by atoms with E-state index in [1.807, 2.05) is 0 Å². The van der Waals surface area contributed by atoms with E-state index in [9.17, 15) is 91.6 Å². The number of carbonyl (C=O) groups excluding carboxylic acids is 1. The minimum Gasteiger partial charge on any atom is -0.469 e. The lowest BCUT2D eigenvalue weighted by molar-refractivity contribution is -0.404. The van der Waals surface area contributed by atoms with E-state index >= 15 is 0 Å². The number of rotatable bonds is 11. The first-order valence-electron chi connectivity index (χ1n) is 23.5. The molecule has 22 fully saturated rings. The second-order valence-electron chi connectivity index (χ2n) is 18.4. The largest absolute Gasteiger partial charge is 0.469 e. The molecule has 0 spiro atoms. The van der Waals surface area contributed by atoms with Crippen LogP contribution < -0.4 is 0 Å². The summed E-state index contributed by atoms with van der Waals surface area (Å²) in [6.07, 6.45) is -58.3. The maximum atomic E-state index is 11.9. The van der Waals surface area contributed by atoms with E-state index in [-0.39, 0.29) is 19.4 Å². The second kappa shape index (κ2) is 25.8. The van der Waals surface area contributed by atoms with Gasteiger partial charge in [-0.25, -0.2) is 0 Å². The van der Waals surface area contributed by atoms with Crippen LogP contribution in [0.1, 0.15) is 12.8 Å². The molecule has 22 saturated heterocycles. The lowest BCUT2D eigenvalue weighted by atomic mass is 9.94. The van der Waals surface area contributed by atoms with Crippen molar-refractivity contribution in [3.8, 4) is 0 Å². The van der Waals surface area contributed by atoms with Crippen LogP contribution >= 0.6 is 0 Å². The highest BCUT2D eigenvalue weighted by atomic mass is 16.8. The zero-order valence-corrected chi connectivity index (χ0v) is 38.9. The SMILES string of the molecule is COC(=O)CCCO[C@@H]1[C@@H](O)[C@H]2O[C@H]3[C@H](O)[C@@H](O)[C@@H](O[C@H]4[C@H](O)[C@@H](O)[C@@H](O[C@H]5[C@H](O)[C@@H](O)[C@@H](O[C@H]6[C@H](O)[C@@H](O)[C@@H](O[C@H]7[C@H](O)[C@@H](O)[C@@H](O[C@H]1[C@@H](CO)O2)O[C@@H]7CO)O[C@@H]6CO)O[C@@H]5CO)O[C@@H]4CO)O[C@@H]3CO. The number of hydrogen-bond donors (Lipinski definition) is 17. The van der Waals surface area contributed by atoms with Gasteiger partial charge in [-0.15, -0.1) is 0 Å². The molecule has 0 aliphatic carbocycles. The Labute approximate surface area is 414 Å². The first-order valence-corrected chi connectivity index (χ1v) is 23.5. The summed E-state index contributed by atoms with van der Waals surface area (Å²) in [5, 5.41) is 188. The predicted molar refractivity (Wildman–Crippen MR) is 221 cm³/mol. The van der Waals surface area contributed by atoms with Gasteiger partial charge in [0.1, 0.15) is 146 Å². The number of carbonyl (C=O) groups is 1. The molecule has 17 N–H and O–H groups in total. The molecule has 22 aliphatic rings. The first kappa shape index (κ1) is 58.9. The molecule has 0 radical (unpaired) electrons. The normalized spacial score (nSPS) is 51.1. The Morgan fingerprint density at radius 2 is 0.575 bits per heavy atom. The lowest BCUT2D eigenvalue weighted by Gasteiger charge is -2.51. The molecule has 22 aliphatic heterocycles. The van der Waals surface area contributed by atoms with Gasteiger partial charge in [0.2, 0.25) is 0 Å². The van der Waals surface area contributed by atoms with Crippen LogP contribution in [0.25, 0.3) is 0 Å². The molecule has 73 heavy (non-hydrogen) atoms. The van der Waals surface area contributed by atoms with Crippen LogP contribution in [-0.4, -0.2) is 330 Å². The van der Waals surface area contributed by atoms with Crippen molar-refractivity contribution in [3.63, 3.8) is 0 Å². The fourth-order valence-corrected chi connectivity index (χ4v) is 9.64. The zero-order valence-electron chi connectivity index (χ0n) is 38.9. The van der Waals surface area contributed by atoms with Gasteiger partial charge in [-0.3, -0.25) is 4.79 Å². The standard InChI is InChI=1S/C41H68O32/c1-60-17(48)3-2-4-61-35-28(59)41-67-16(10-47)34(35)73-40-27(58)22(53)32(14(8-45)66-40)71-38-25(56)20(51)30(12(6-43)64-38)69-36-23(54)18(49)29(11(5-42)62-36)68-37-24(55)19(50)31(13(7-44)63-37)70-39-26(57)21(52)33(72-41)15(9-46)65-39/h11-16,18-47,49-59H,2-10H2,1H3/t11-,12-,13-,14-,15-,16-,18-,19-,20-,21-,22-,23-,24-,25-,26-,27-,28-,29-,30-,31-,32-,33-,34+,35-,36-,37-,38-,39-,40-,41-/m1/s1. The number of methoxy groups -OCH3 is 1. The molecule has 0 amide bonds. The summed E-state index contributed by atoms with van der Waals surface area (Å²) < 4.78 is 79.8. The van der Waals surface area contributed by atoms with Crippen LogP contribution in [0, 0.1) is 0 Å². The van der Waals surface area contributed by atoms with E-state index in [2.05, 4.69) is 4.74 Å². The summed E-state index contributed by atoms with van der Waals surface area (Å²) in [6.45, 7) is -6.35. The van der Waals surface area contributed by atoms with E-state index < -0.39 is 230 Å². The zero-order chi connectivity index (χ0) is 53.2. The number of esters is 1. The molecular formula is C41H68O32. The molecular weight excluding hydrogens is 1000 g/mol. The van der Waals surface area contributed by atoms with Crippen molar-refractivity contribution in [2.75, 3.05) is 53.4 Å². The molecule has 12 bridgehead atoms. The average Bonchev–Trinajstić information content (AvgIpc) is 3.38. The highest BCUT2D eigenvalue weighted by Crippen LogP contribution is 2.38. The Hall–Kier alpha value is -1.73. The third-order valence-corrected chi connectivity index (χ3v) is 13.7. The number of aliphatic hydroxyl groups excluding tert-OH is 17. The van der Waals surface area contributed by atoms with Crippen molar-refractivity contribution in [2.24, 2.45) is 0 Å².